The summed E-state index contributed by atoms with van der Waals surface area (Å²) in [7, 11) is 0. The molecule has 7 heteroatoms. The first-order chi connectivity index (χ1) is 21.9. The summed E-state index contributed by atoms with van der Waals surface area (Å²) in [5, 5.41) is 6.80. The number of hydrogen-bond acceptors (Lipinski definition) is 3. The molecule has 2 atom stereocenters. The third kappa shape index (κ3) is 9.42. The third-order valence-electron chi connectivity index (χ3n) is 9.00. The first-order valence-electron chi connectivity index (χ1n) is 16.9. The fourth-order valence-electron chi connectivity index (χ4n) is 7.02. The van der Waals surface area contributed by atoms with Gasteiger partial charge >= 0.3 is 154 Å². The van der Waals surface area contributed by atoms with Crippen LogP contribution in [-0.2, 0) is 21.9 Å². The van der Waals surface area contributed by atoms with Crippen LogP contribution in [0.15, 0.2) is 95.1 Å². The monoisotopic (exact) mass is 715 g/mol. The topological polar surface area (TPSA) is 42.5 Å². The van der Waals surface area contributed by atoms with Crippen molar-refractivity contribution in [1.29, 1.82) is 0 Å². The Labute approximate surface area is 287 Å². The van der Waals surface area contributed by atoms with Crippen LogP contribution in [0.5, 0.6) is 11.5 Å². The Balaban J connectivity index is 0.000000178. The van der Waals surface area contributed by atoms with Crippen LogP contribution in [0.25, 0.3) is 0 Å². The molecule has 2 N–H and O–H groups in total. The van der Waals surface area contributed by atoms with E-state index in [1.54, 1.807) is 11.1 Å². The summed E-state index contributed by atoms with van der Waals surface area (Å²) in [4.78, 5) is 0. The Kier molecular flexibility index (Phi) is 13.0. The van der Waals surface area contributed by atoms with Crippen LogP contribution in [0, 0.1) is 11.8 Å². The zero-order valence-electron chi connectivity index (χ0n) is 27.5. The Hall–Kier alpha value is -2.21. The molecule has 0 aliphatic heterocycles. The molecule has 4 aliphatic carbocycles. The van der Waals surface area contributed by atoms with Crippen LogP contribution < -0.4 is 20.1 Å². The summed E-state index contributed by atoms with van der Waals surface area (Å²) >= 11 is 5.02. The molecule has 0 saturated carbocycles. The van der Waals surface area contributed by atoms with Gasteiger partial charge in [-0.2, -0.15) is 0 Å². The molecular weight excluding hydrogens is 668 g/mol. The van der Waals surface area contributed by atoms with Gasteiger partial charge < -0.3 is 20.1 Å². The standard InChI is InChI=1S/C19H23.C17H20N2O2S.C2H6Si.Zr/c1-3-7-18-14(5-1)9-11-16(18)13-17-12-10-15-6-2-4-8-19(15)17;1-3-20-15-9-5-13(6-10-15)18-17(22)19-14-7-11-16(12-8-14)21-4-2;1-3-2;/h9-13,16-17H,1-8H2;5-12H,3-4H2,1-2H3,(H2,18,19,22);1-2H3;. The van der Waals surface area contributed by atoms with E-state index in [2.05, 4.69) is 48.0 Å². The third-order valence-corrected chi connectivity index (χ3v) is 18.6. The van der Waals surface area contributed by atoms with E-state index in [1.165, 1.54) is 51.4 Å². The molecule has 0 heterocycles. The van der Waals surface area contributed by atoms with Gasteiger partial charge in [0, 0.05) is 11.4 Å². The van der Waals surface area contributed by atoms with Gasteiger partial charge in [0.15, 0.2) is 5.11 Å². The van der Waals surface area contributed by atoms with Crippen molar-refractivity contribution in [3.8, 4) is 11.5 Å². The zero-order valence-corrected chi connectivity index (χ0v) is 31.7. The molecule has 237 valence electrons. The fourth-order valence-corrected chi connectivity index (χ4v) is 17.4. The van der Waals surface area contributed by atoms with Crippen LogP contribution in [-0.4, -0.2) is 23.8 Å². The molecule has 2 aromatic rings. The van der Waals surface area contributed by atoms with E-state index in [0.717, 1.165) is 38.3 Å². The molecule has 0 spiro atoms. The van der Waals surface area contributed by atoms with Crippen LogP contribution in [0.4, 0.5) is 11.4 Å². The van der Waals surface area contributed by atoms with E-state index in [0.29, 0.717) is 18.3 Å². The molecule has 0 fully saturated rings. The molecular formula is C38H49N2O2SSiZr. The number of allylic oxidation sites excluding steroid dienone is 8. The van der Waals surface area contributed by atoms with Gasteiger partial charge in [-0.15, -0.1) is 0 Å². The minimum absolute atomic E-state index is 0.0235. The molecule has 6 rings (SSSR count). The summed E-state index contributed by atoms with van der Waals surface area (Å²) in [6.07, 6.45) is 21.6. The van der Waals surface area contributed by atoms with Crippen LogP contribution in [0.1, 0.15) is 65.2 Å². The molecule has 0 saturated heterocycles. The fraction of sp³-hybridized carbons (Fsp3) is 0.447. The van der Waals surface area contributed by atoms with Crippen molar-refractivity contribution in [3.05, 3.63) is 95.1 Å². The van der Waals surface area contributed by atoms with E-state index in [9.17, 15) is 0 Å². The van der Waals surface area contributed by atoms with Crippen LogP contribution in [0.2, 0.25) is 16.7 Å². The van der Waals surface area contributed by atoms with E-state index < -0.39 is 0 Å². The van der Waals surface area contributed by atoms with Gasteiger partial charge in [-0.3, -0.25) is 0 Å². The summed E-state index contributed by atoms with van der Waals surface area (Å²) < 4.78 is 11.8. The Morgan fingerprint density at radius 2 is 1.16 bits per heavy atom. The van der Waals surface area contributed by atoms with Crippen molar-refractivity contribution >= 4 is 34.1 Å². The predicted octanol–water partition coefficient (Wildman–Crippen LogP) is 10.5. The first-order valence-corrected chi connectivity index (χ1v) is 24.9. The summed E-state index contributed by atoms with van der Waals surface area (Å²) in [5.41, 5.74) is 9.04. The van der Waals surface area contributed by atoms with Crippen LogP contribution in [0.3, 0.4) is 0 Å². The van der Waals surface area contributed by atoms with Gasteiger partial charge in [0.1, 0.15) is 11.5 Å². The van der Waals surface area contributed by atoms with E-state index in [-0.39, 0.29) is 27.3 Å². The molecule has 4 aliphatic rings. The van der Waals surface area contributed by atoms with Gasteiger partial charge in [-0.1, -0.05) is 0 Å². The number of rotatable bonds is 9. The average molecular weight is 717 g/mol. The number of benzene rings is 2. The Morgan fingerprint density at radius 3 is 1.56 bits per heavy atom. The van der Waals surface area contributed by atoms with Gasteiger partial charge in [0.05, 0.1) is 13.2 Å². The molecule has 0 bridgehead atoms. The zero-order chi connectivity index (χ0) is 31.6. The molecule has 4 nitrogen and oxygen atoms in total. The van der Waals surface area contributed by atoms with Crippen molar-refractivity contribution in [2.24, 2.45) is 11.8 Å². The molecule has 2 aromatic carbocycles. The van der Waals surface area contributed by atoms with E-state index in [1.807, 2.05) is 73.5 Å². The summed E-state index contributed by atoms with van der Waals surface area (Å²) in [5.74, 6) is 3.36. The molecule has 0 amide bonds. The quantitative estimate of drug-likeness (QED) is 0.200. The predicted molar refractivity (Wildman–Crippen MR) is 193 cm³/mol. The number of nitrogens with one attached hydrogen (secondary N) is 2. The van der Waals surface area contributed by atoms with Gasteiger partial charge in [0.2, 0.25) is 0 Å². The Morgan fingerprint density at radius 1 is 0.733 bits per heavy atom. The van der Waals surface area contributed by atoms with Crippen molar-refractivity contribution in [1.82, 2.24) is 0 Å². The number of ether oxygens (including phenoxy) is 2. The number of hydrogen-bond donors (Lipinski definition) is 2. The molecule has 45 heavy (non-hydrogen) atoms. The van der Waals surface area contributed by atoms with E-state index >= 15 is 0 Å². The SMILES string of the molecule is CCOc1ccc(NC(=S)Nc2ccc(OCC)cc2)cc1.C[Si](C)=[Zr][CH](C1C=CC2=C1CCCC2)C1C=CC2=C1CCCC2. The minimum atomic E-state index is -0.284. The summed E-state index contributed by atoms with van der Waals surface area (Å²) in [6, 6.07) is 15.3. The van der Waals surface area contributed by atoms with Crippen molar-refractivity contribution < 1.29 is 31.3 Å². The average Bonchev–Trinajstić information content (AvgIpc) is 3.67. The van der Waals surface area contributed by atoms with Gasteiger partial charge in [-0.05, 0) is 74.6 Å². The second kappa shape index (κ2) is 17.1. The maximum atomic E-state index is 5.40. The van der Waals surface area contributed by atoms with Crippen LogP contribution >= 0.6 is 12.2 Å². The van der Waals surface area contributed by atoms with E-state index in [4.69, 9.17) is 21.7 Å². The second-order valence-corrected chi connectivity index (χ2v) is 26.3. The Bertz CT molecular complexity index is 1370. The number of anilines is 2. The second-order valence-electron chi connectivity index (χ2n) is 12.4. The maximum absolute atomic E-state index is 5.40. The number of thiocarbonyl (C=S) groups is 1. The normalized spacial score (nSPS) is 20.4. The van der Waals surface area contributed by atoms with Gasteiger partial charge in [0.25, 0.3) is 0 Å². The van der Waals surface area contributed by atoms with Crippen molar-refractivity contribution in [3.63, 3.8) is 0 Å². The van der Waals surface area contributed by atoms with Crippen molar-refractivity contribution in [2.45, 2.75) is 81.9 Å². The first kappa shape index (κ1) is 34.1. The molecule has 0 aromatic heterocycles. The molecule has 0 radical (unpaired) electrons. The van der Waals surface area contributed by atoms with Crippen molar-refractivity contribution in [2.75, 3.05) is 23.8 Å². The summed E-state index contributed by atoms with van der Waals surface area (Å²) in [6.45, 7) is 10.4. The van der Waals surface area contributed by atoms with Gasteiger partial charge in [-0.25, -0.2) is 0 Å². The molecule has 2 unspecified atom stereocenters.